The summed E-state index contributed by atoms with van der Waals surface area (Å²) in [6, 6.07) is 16.0. The summed E-state index contributed by atoms with van der Waals surface area (Å²) in [5.74, 6) is 2.09. The number of hydrogen-bond donors (Lipinski definition) is 2. The van der Waals surface area contributed by atoms with Gasteiger partial charge in [0.1, 0.15) is 29.6 Å². The van der Waals surface area contributed by atoms with Crippen molar-refractivity contribution >= 4 is 11.6 Å². The molecule has 3 aromatic rings. The van der Waals surface area contributed by atoms with Crippen molar-refractivity contribution in [1.82, 2.24) is 0 Å². The van der Waals surface area contributed by atoms with Gasteiger partial charge in [0.15, 0.2) is 0 Å². The Morgan fingerprint density at radius 2 is 1.61 bits per heavy atom. The molecule has 28 heavy (non-hydrogen) atoms. The van der Waals surface area contributed by atoms with Gasteiger partial charge in [-0.15, -0.1) is 0 Å². The van der Waals surface area contributed by atoms with E-state index in [1.54, 1.807) is 42.5 Å². The number of ether oxygens (including phenoxy) is 2. The van der Waals surface area contributed by atoms with Crippen molar-refractivity contribution < 1.29 is 23.8 Å². The summed E-state index contributed by atoms with van der Waals surface area (Å²) in [6.45, 7) is 4.64. The van der Waals surface area contributed by atoms with Gasteiger partial charge in [-0.1, -0.05) is 0 Å². The maximum Gasteiger partial charge on any atom is 0.255 e. The molecule has 3 rings (SSSR count). The number of carbonyl (C=O) groups excluding carboxylic acids is 1. The molecule has 0 saturated carbocycles. The van der Waals surface area contributed by atoms with E-state index >= 15 is 0 Å². The Hall–Kier alpha value is -3.25. The molecule has 146 valence electrons. The first-order valence-electron chi connectivity index (χ1n) is 9.15. The zero-order valence-corrected chi connectivity index (χ0v) is 15.9. The lowest BCUT2D eigenvalue weighted by atomic mass is 10.1. The molecule has 0 unspecified atom stereocenters. The van der Waals surface area contributed by atoms with E-state index in [9.17, 15) is 4.79 Å². The van der Waals surface area contributed by atoms with Crippen LogP contribution in [0.3, 0.4) is 0 Å². The van der Waals surface area contributed by atoms with Gasteiger partial charge < -0.3 is 24.3 Å². The highest BCUT2D eigenvalue weighted by atomic mass is 16.5. The van der Waals surface area contributed by atoms with Crippen molar-refractivity contribution in [3.05, 3.63) is 65.9 Å². The number of amides is 1. The van der Waals surface area contributed by atoms with E-state index in [0.717, 1.165) is 5.56 Å². The lowest BCUT2D eigenvalue weighted by molar-refractivity contribution is 0.102. The van der Waals surface area contributed by atoms with Crippen LogP contribution in [0.4, 0.5) is 5.69 Å². The van der Waals surface area contributed by atoms with E-state index in [1.165, 1.54) is 0 Å². The van der Waals surface area contributed by atoms with Crippen LogP contribution in [0.25, 0.3) is 11.3 Å². The average molecular weight is 381 g/mol. The molecule has 0 fully saturated rings. The fraction of sp³-hybridized carbons (Fsp3) is 0.227. The standard InChI is InChI=1S/C22H23NO5/c1-3-26-19-11-16(12-20(13-19)27-4-2)22(25)23-17-7-5-15(6-8-17)21-10-9-18(14-24)28-21/h5-13,24H,3-4,14H2,1-2H3,(H,23,25). The number of aliphatic hydroxyl groups is 1. The third-order valence-corrected chi connectivity index (χ3v) is 4.01. The van der Waals surface area contributed by atoms with Crippen molar-refractivity contribution in [2.75, 3.05) is 18.5 Å². The summed E-state index contributed by atoms with van der Waals surface area (Å²) in [5, 5.41) is 12.0. The summed E-state index contributed by atoms with van der Waals surface area (Å²) in [7, 11) is 0. The van der Waals surface area contributed by atoms with Gasteiger partial charge >= 0.3 is 0 Å². The number of aliphatic hydroxyl groups excluding tert-OH is 1. The molecule has 0 spiro atoms. The normalized spacial score (nSPS) is 10.5. The van der Waals surface area contributed by atoms with Gasteiger partial charge in [0.05, 0.1) is 13.2 Å². The predicted octanol–water partition coefficient (Wildman–Crippen LogP) is 4.49. The van der Waals surface area contributed by atoms with Crippen LogP contribution >= 0.6 is 0 Å². The first-order valence-corrected chi connectivity index (χ1v) is 9.15. The SMILES string of the molecule is CCOc1cc(OCC)cc(C(=O)Nc2ccc(-c3ccc(CO)o3)cc2)c1. The van der Waals surface area contributed by atoms with Crippen LogP contribution in [-0.2, 0) is 6.61 Å². The van der Waals surface area contributed by atoms with E-state index in [1.807, 2.05) is 26.0 Å². The van der Waals surface area contributed by atoms with Crippen LogP contribution < -0.4 is 14.8 Å². The maximum absolute atomic E-state index is 12.7. The summed E-state index contributed by atoms with van der Waals surface area (Å²) in [6.07, 6.45) is 0. The Bertz CT molecular complexity index is 906. The molecule has 2 aromatic carbocycles. The van der Waals surface area contributed by atoms with Crippen LogP contribution in [-0.4, -0.2) is 24.2 Å². The van der Waals surface area contributed by atoms with Gasteiger partial charge in [-0.05, 0) is 62.4 Å². The van der Waals surface area contributed by atoms with E-state index in [0.29, 0.717) is 47.5 Å². The molecule has 0 saturated heterocycles. The lowest BCUT2D eigenvalue weighted by Crippen LogP contribution is -2.12. The number of nitrogens with one attached hydrogen (secondary N) is 1. The fourth-order valence-electron chi connectivity index (χ4n) is 2.74. The third-order valence-electron chi connectivity index (χ3n) is 4.01. The molecule has 0 aliphatic rings. The second-order valence-electron chi connectivity index (χ2n) is 6.01. The van der Waals surface area contributed by atoms with Gasteiger partial charge in [-0.3, -0.25) is 4.79 Å². The van der Waals surface area contributed by atoms with E-state index in [2.05, 4.69) is 5.32 Å². The van der Waals surface area contributed by atoms with Crippen molar-refractivity contribution in [2.24, 2.45) is 0 Å². The summed E-state index contributed by atoms with van der Waals surface area (Å²) < 4.78 is 16.6. The molecule has 2 N–H and O–H groups in total. The van der Waals surface area contributed by atoms with E-state index in [4.69, 9.17) is 19.0 Å². The Morgan fingerprint density at radius 3 is 2.14 bits per heavy atom. The molecule has 0 bridgehead atoms. The Labute approximate surface area is 163 Å². The summed E-state index contributed by atoms with van der Waals surface area (Å²) in [5.41, 5.74) is 1.97. The molecule has 1 aromatic heterocycles. The topological polar surface area (TPSA) is 80.9 Å². The highest BCUT2D eigenvalue weighted by Gasteiger charge is 2.11. The maximum atomic E-state index is 12.7. The molecule has 0 aliphatic heterocycles. The first kappa shape index (κ1) is 19.5. The van der Waals surface area contributed by atoms with Gasteiger partial charge in [0, 0.05) is 22.9 Å². The molecular formula is C22H23NO5. The molecule has 0 aliphatic carbocycles. The van der Waals surface area contributed by atoms with E-state index in [-0.39, 0.29) is 12.5 Å². The smallest absolute Gasteiger partial charge is 0.255 e. The van der Waals surface area contributed by atoms with Crippen LogP contribution in [0, 0.1) is 0 Å². The number of carbonyl (C=O) groups is 1. The minimum Gasteiger partial charge on any atom is -0.494 e. The summed E-state index contributed by atoms with van der Waals surface area (Å²) >= 11 is 0. The minimum atomic E-state index is -0.254. The second kappa shape index (κ2) is 9.10. The van der Waals surface area contributed by atoms with Crippen LogP contribution in [0.2, 0.25) is 0 Å². The largest absolute Gasteiger partial charge is 0.494 e. The van der Waals surface area contributed by atoms with Crippen LogP contribution in [0.5, 0.6) is 11.5 Å². The molecule has 6 heteroatoms. The first-order chi connectivity index (χ1) is 13.6. The molecule has 6 nitrogen and oxygen atoms in total. The highest BCUT2D eigenvalue weighted by Crippen LogP contribution is 2.26. The molecule has 1 heterocycles. The number of anilines is 1. The van der Waals surface area contributed by atoms with Crippen LogP contribution in [0.1, 0.15) is 30.0 Å². The van der Waals surface area contributed by atoms with Crippen molar-refractivity contribution in [1.29, 1.82) is 0 Å². The van der Waals surface area contributed by atoms with Crippen LogP contribution in [0.15, 0.2) is 59.0 Å². The van der Waals surface area contributed by atoms with Gasteiger partial charge in [0.25, 0.3) is 5.91 Å². The average Bonchev–Trinajstić information content (AvgIpc) is 3.18. The molecule has 0 atom stereocenters. The van der Waals surface area contributed by atoms with Crippen molar-refractivity contribution in [3.63, 3.8) is 0 Å². The Balaban J connectivity index is 1.75. The summed E-state index contributed by atoms with van der Waals surface area (Å²) in [4.78, 5) is 12.7. The Morgan fingerprint density at radius 1 is 0.964 bits per heavy atom. The minimum absolute atomic E-state index is 0.140. The van der Waals surface area contributed by atoms with Gasteiger partial charge in [-0.25, -0.2) is 0 Å². The Kier molecular flexibility index (Phi) is 6.34. The fourth-order valence-corrected chi connectivity index (χ4v) is 2.74. The zero-order valence-electron chi connectivity index (χ0n) is 15.9. The quantitative estimate of drug-likeness (QED) is 0.601. The van der Waals surface area contributed by atoms with Crippen molar-refractivity contribution in [3.8, 4) is 22.8 Å². The predicted molar refractivity (Wildman–Crippen MR) is 107 cm³/mol. The monoisotopic (exact) mass is 381 g/mol. The van der Waals surface area contributed by atoms with E-state index < -0.39 is 0 Å². The molecule has 0 radical (unpaired) electrons. The molecule has 1 amide bonds. The van der Waals surface area contributed by atoms with Gasteiger partial charge in [0.2, 0.25) is 0 Å². The van der Waals surface area contributed by atoms with Gasteiger partial charge in [-0.2, -0.15) is 0 Å². The number of benzene rings is 2. The third kappa shape index (κ3) is 4.72. The number of rotatable bonds is 8. The number of furan rings is 1. The molecular weight excluding hydrogens is 358 g/mol. The highest BCUT2D eigenvalue weighted by molar-refractivity contribution is 6.04. The second-order valence-corrected chi connectivity index (χ2v) is 6.01. The zero-order chi connectivity index (χ0) is 19.9. The number of hydrogen-bond acceptors (Lipinski definition) is 5. The lowest BCUT2D eigenvalue weighted by Gasteiger charge is -2.11. The van der Waals surface area contributed by atoms with Crippen molar-refractivity contribution in [2.45, 2.75) is 20.5 Å².